The smallest absolute Gasteiger partial charge is 0.305 e. The van der Waals surface area contributed by atoms with Crippen LogP contribution < -0.4 is 27.0 Å². The van der Waals surface area contributed by atoms with E-state index < -0.39 is 48.8 Å². The number of hydrogen-bond donors (Lipinski definition) is 8. The Morgan fingerprint density at radius 3 is 2.54 bits per heavy atom. The molecule has 13 nitrogen and oxygen atoms in total. The predicted molar refractivity (Wildman–Crippen MR) is 133 cm³/mol. The molecule has 0 bridgehead atoms. The first-order valence-electron chi connectivity index (χ1n) is 11.0. The number of phenols is 1. The lowest BCUT2D eigenvalue weighted by Crippen LogP contribution is -2.42. The fraction of sp³-hybridized carbons (Fsp3) is 0.261. The van der Waals surface area contributed by atoms with Crippen LogP contribution in [0.1, 0.15) is 38.7 Å². The molecule has 0 fully saturated rings. The molecule has 3 amide bonds. The number of benzene rings is 2. The fourth-order valence-electron chi connectivity index (χ4n) is 3.46. The number of carboxylic acids is 1. The van der Waals surface area contributed by atoms with Crippen molar-refractivity contribution in [1.29, 1.82) is 0 Å². The number of anilines is 1. The maximum absolute atomic E-state index is 12.6. The number of aliphatic carboxylic acids is 1. The SMILES string of the molecule is NC(=O)c1cc(Cl)cc([C@H](CC(=O)O)NC(=O)CNC(=O)c2cc(O)cc(NC3=NCC(O)CN3)c2)c1. The van der Waals surface area contributed by atoms with Crippen molar-refractivity contribution >= 4 is 46.9 Å². The summed E-state index contributed by atoms with van der Waals surface area (Å²) in [7, 11) is 0. The summed E-state index contributed by atoms with van der Waals surface area (Å²) in [5.74, 6) is -3.26. The summed E-state index contributed by atoms with van der Waals surface area (Å²) >= 11 is 6.00. The average molecular weight is 533 g/mol. The lowest BCUT2D eigenvalue weighted by molar-refractivity contribution is -0.137. The Balaban J connectivity index is 1.66. The van der Waals surface area contributed by atoms with Crippen LogP contribution in [0.25, 0.3) is 0 Å². The van der Waals surface area contributed by atoms with E-state index in [9.17, 15) is 34.5 Å². The van der Waals surface area contributed by atoms with Gasteiger partial charge in [0, 0.05) is 34.4 Å². The van der Waals surface area contributed by atoms with Gasteiger partial charge in [-0.25, -0.2) is 0 Å². The van der Waals surface area contributed by atoms with Crippen molar-refractivity contribution in [1.82, 2.24) is 16.0 Å². The number of rotatable bonds is 9. The van der Waals surface area contributed by atoms with Gasteiger partial charge in [-0.2, -0.15) is 0 Å². The predicted octanol–water partition coefficient (Wildman–Crippen LogP) is -0.0615. The maximum Gasteiger partial charge on any atom is 0.305 e. The topological polar surface area (TPSA) is 215 Å². The van der Waals surface area contributed by atoms with Crippen molar-refractivity contribution in [3.63, 3.8) is 0 Å². The van der Waals surface area contributed by atoms with Crippen molar-refractivity contribution in [2.75, 3.05) is 25.0 Å². The highest BCUT2D eigenvalue weighted by atomic mass is 35.5. The maximum atomic E-state index is 12.6. The number of carboxylic acid groups (broad SMARTS) is 1. The highest BCUT2D eigenvalue weighted by Crippen LogP contribution is 2.23. The van der Waals surface area contributed by atoms with E-state index in [0.29, 0.717) is 11.6 Å². The number of primary amides is 1. The second-order valence-electron chi connectivity index (χ2n) is 8.16. The monoisotopic (exact) mass is 532 g/mol. The Morgan fingerprint density at radius 1 is 1.14 bits per heavy atom. The van der Waals surface area contributed by atoms with E-state index in [1.165, 1.54) is 36.4 Å². The molecule has 196 valence electrons. The quantitative estimate of drug-likeness (QED) is 0.216. The second-order valence-corrected chi connectivity index (χ2v) is 8.59. The van der Waals surface area contributed by atoms with Gasteiger partial charge in [-0.1, -0.05) is 11.6 Å². The molecular formula is C23H25ClN6O7. The summed E-state index contributed by atoms with van der Waals surface area (Å²) in [5.41, 5.74) is 5.94. The molecule has 0 spiro atoms. The van der Waals surface area contributed by atoms with Gasteiger partial charge in [-0.3, -0.25) is 24.2 Å². The van der Waals surface area contributed by atoms with Gasteiger partial charge in [0.2, 0.25) is 11.8 Å². The van der Waals surface area contributed by atoms with Crippen molar-refractivity contribution in [2.45, 2.75) is 18.6 Å². The number of carbonyl (C=O) groups is 4. The van der Waals surface area contributed by atoms with Crippen LogP contribution in [-0.2, 0) is 9.59 Å². The number of aromatic hydroxyl groups is 1. The van der Waals surface area contributed by atoms with E-state index in [-0.39, 0.29) is 40.6 Å². The largest absolute Gasteiger partial charge is 0.508 e. The molecule has 14 heteroatoms. The number of phenolic OH excluding ortho intramolecular Hbond substituents is 1. The number of hydrogen-bond acceptors (Lipinski definition) is 9. The van der Waals surface area contributed by atoms with Gasteiger partial charge in [-0.05, 0) is 35.9 Å². The Bertz CT molecular complexity index is 1250. The zero-order chi connectivity index (χ0) is 27.1. The lowest BCUT2D eigenvalue weighted by Gasteiger charge is -2.20. The molecule has 1 aliphatic heterocycles. The number of guanidine groups is 1. The van der Waals surface area contributed by atoms with Crippen LogP contribution in [0, 0.1) is 0 Å². The number of β-amino-alcohol motifs (C(OH)–C–C–N with tert-alkyl or cyclic N) is 1. The van der Waals surface area contributed by atoms with E-state index >= 15 is 0 Å². The number of aliphatic hydroxyl groups excluding tert-OH is 1. The van der Waals surface area contributed by atoms with Crippen molar-refractivity contribution in [3.05, 3.63) is 58.1 Å². The summed E-state index contributed by atoms with van der Waals surface area (Å²) in [4.78, 5) is 52.1. The molecule has 0 saturated heterocycles. The van der Waals surface area contributed by atoms with Gasteiger partial charge in [0.05, 0.1) is 31.7 Å². The zero-order valence-electron chi connectivity index (χ0n) is 19.3. The van der Waals surface area contributed by atoms with Crippen LogP contribution in [0.3, 0.4) is 0 Å². The molecule has 2 aromatic carbocycles. The Hall–Kier alpha value is -4.36. The van der Waals surface area contributed by atoms with E-state index in [2.05, 4.69) is 26.3 Å². The summed E-state index contributed by atoms with van der Waals surface area (Å²) in [5, 5.41) is 39.5. The van der Waals surface area contributed by atoms with Crippen molar-refractivity contribution < 1.29 is 34.5 Å². The molecule has 37 heavy (non-hydrogen) atoms. The van der Waals surface area contributed by atoms with Gasteiger partial charge in [0.15, 0.2) is 5.96 Å². The molecule has 3 rings (SSSR count). The summed E-state index contributed by atoms with van der Waals surface area (Å²) in [6.45, 7) is -0.0315. The van der Waals surface area contributed by atoms with Crippen LogP contribution in [0.4, 0.5) is 5.69 Å². The van der Waals surface area contributed by atoms with Gasteiger partial charge in [0.25, 0.3) is 5.91 Å². The van der Waals surface area contributed by atoms with Crippen molar-refractivity contribution in [3.8, 4) is 5.75 Å². The van der Waals surface area contributed by atoms with Crippen LogP contribution in [-0.4, -0.2) is 70.7 Å². The minimum Gasteiger partial charge on any atom is -0.508 e. The third-order valence-corrected chi connectivity index (χ3v) is 5.36. The first-order chi connectivity index (χ1) is 17.5. The molecular weight excluding hydrogens is 508 g/mol. The molecule has 2 aromatic rings. The number of nitrogens with two attached hydrogens (primary N) is 1. The minimum absolute atomic E-state index is 0.0368. The molecule has 0 saturated carbocycles. The third-order valence-electron chi connectivity index (χ3n) is 5.14. The number of nitrogens with one attached hydrogen (secondary N) is 4. The number of aliphatic imine (C=N–C) groups is 1. The first-order valence-corrected chi connectivity index (χ1v) is 11.3. The number of aliphatic hydroxyl groups is 1. The number of nitrogens with zero attached hydrogens (tertiary/aromatic N) is 1. The van der Waals surface area contributed by atoms with Gasteiger partial charge >= 0.3 is 5.97 Å². The number of halogens is 1. The van der Waals surface area contributed by atoms with Crippen LogP contribution in [0.15, 0.2) is 41.4 Å². The normalized spacial score (nSPS) is 15.5. The third kappa shape index (κ3) is 8.08. The van der Waals surface area contributed by atoms with E-state index in [0.717, 1.165) is 0 Å². The fourth-order valence-corrected chi connectivity index (χ4v) is 3.70. The van der Waals surface area contributed by atoms with E-state index in [1.54, 1.807) is 0 Å². The van der Waals surface area contributed by atoms with Crippen LogP contribution in [0.5, 0.6) is 5.75 Å². The van der Waals surface area contributed by atoms with Gasteiger partial charge in [-0.15, -0.1) is 0 Å². The van der Waals surface area contributed by atoms with Gasteiger partial charge < -0.3 is 42.3 Å². The summed E-state index contributed by atoms with van der Waals surface area (Å²) in [6, 6.07) is 6.96. The Labute approximate surface area is 215 Å². The summed E-state index contributed by atoms with van der Waals surface area (Å²) < 4.78 is 0. The average Bonchev–Trinajstić information content (AvgIpc) is 2.82. The molecule has 1 heterocycles. The van der Waals surface area contributed by atoms with Crippen LogP contribution in [0.2, 0.25) is 5.02 Å². The molecule has 0 radical (unpaired) electrons. The highest BCUT2D eigenvalue weighted by molar-refractivity contribution is 6.31. The Morgan fingerprint density at radius 2 is 1.89 bits per heavy atom. The second kappa shape index (κ2) is 12.1. The van der Waals surface area contributed by atoms with Crippen LogP contribution >= 0.6 is 11.6 Å². The zero-order valence-corrected chi connectivity index (χ0v) is 20.1. The van der Waals surface area contributed by atoms with Crippen molar-refractivity contribution in [2.24, 2.45) is 10.7 Å². The molecule has 9 N–H and O–H groups in total. The minimum atomic E-state index is -1.22. The highest BCUT2D eigenvalue weighted by Gasteiger charge is 2.21. The molecule has 2 atom stereocenters. The summed E-state index contributed by atoms with van der Waals surface area (Å²) in [6.07, 6.45) is -1.13. The molecule has 0 aromatic heterocycles. The molecule has 1 aliphatic rings. The molecule has 1 unspecified atom stereocenters. The van der Waals surface area contributed by atoms with Gasteiger partial charge in [0.1, 0.15) is 5.75 Å². The molecule has 0 aliphatic carbocycles. The Kier molecular flexibility index (Phi) is 8.87. The number of amides is 3. The first kappa shape index (κ1) is 27.2. The van der Waals surface area contributed by atoms with E-state index in [1.807, 2.05) is 0 Å². The standard InChI is InChI=1S/C23H25ClN6O7/c24-14-2-11(1-12(3-14)21(25)36)18(7-20(34)35)30-19(33)10-26-22(37)13-4-15(6-16(31)5-13)29-23-27-8-17(32)9-28-23/h1-6,17-18,31-32H,7-10H2,(H2,25,36)(H,26,37)(H,30,33)(H,34,35)(H2,27,28,29)/t18-/m0/s1. The lowest BCUT2D eigenvalue weighted by atomic mass is 10.0. The van der Waals surface area contributed by atoms with E-state index in [4.69, 9.17) is 17.3 Å². The number of carbonyl (C=O) groups excluding carboxylic acids is 3.